The molecule has 0 unspecified atom stereocenters. The van der Waals surface area contributed by atoms with Crippen LogP contribution in [0.5, 0.6) is 0 Å². The lowest BCUT2D eigenvalue weighted by molar-refractivity contribution is 0.549. The molecule has 5 heteroatoms. The summed E-state index contributed by atoms with van der Waals surface area (Å²) in [6.45, 7) is 1.97. The first kappa shape index (κ1) is 10.7. The van der Waals surface area contributed by atoms with E-state index >= 15 is 0 Å². The summed E-state index contributed by atoms with van der Waals surface area (Å²) in [5, 5.41) is 8.21. The van der Waals surface area contributed by atoms with Crippen molar-refractivity contribution < 1.29 is 4.42 Å². The van der Waals surface area contributed by atoms with Crippen molar-refractivity contribution >= 4 is 17.8 Å². The Morgan fingerprint density at radius 1 is 1.06 bits per heavy atom. The van der Waals surface area contributed by atoms with E-state index in [0.29, 0.717) is 11.9 Å². The molecule has 2 heterocycles. The first-order chi connectivity index (χ1) is 8.43. The van der Waals surface area contributed by atoms with E-state index in [0.717, 1.165) is 30.2 Å². The first-order valence-electron chi connectivity index (χ1n) is 5.65. The molecule has 2 aromatic rings. The molecular weight excluding hydrogens is 234 g/mol. The summed E-state index contributed by atoms with van der Waals surface area (Å²) in [6, 6.07) is 10.5. The molecule has 1 aliphatic heterocycles. The van der Waals surface area contributed by atoms with Gasteiger partial charge in [0.05, 0.1) is 0 Å². The lowest BCUT2D eigenvalue weighted by Gasteiger charge is -2.23. The Kier molecular flexibility index (Phi) is 3.00. The van der Waals surface area contributed by atoms with E-state index < -0.39 is 0 Å². The second-order valence-corrected chi connectivity index (χ2v) is 5.08. The highest BCUT2D eigenvalue weighted by Crippen LogP contribution is 2.23. The summed E-state index contributed by atoms with van der Waals surface area (Å²) in [4.78, 5) is 2.15. The lowest BCUT2D eigenvalue weighted by atomic mass is 10.2. The van der Waals surface area contributed by atoms with Crippen LogP contribution in [0.4, 0.5) is 6.01 Å². The zero-order chi connectivity index (χ0) is 11.5. The Labute approximate surface area is 104 Å². The Hall–Kier alpha value is -1.49. The fourth-order valence-electron chi connectivity index (χ4n) is 1.80. The second-order valence-electron chi connectivity index (χ2n) is 3.86. The summed E-state index contributed by atoms with van der Waals surface area (Å²) in [5.41, 5.74) is 0.970. The third kappa shape index (κ3) is 2.29. The first-order valence-corrected chi connectivity index (χ1v) is 6.80. The quantitative estimate of drug-likeness (QED) is 0.814. The van der Waals surface area contributed by atoms with E-state index in [9.17, 15) is 0 Å². The van der Waals surface area contributed by atoms with Gasteiger partial charge in [-0.1, -0.05) is 23.3 Å². The van der Waals surface area contributed by atoms with E-state index in [1.54, 1.807) is 0 Å². The number of aromatic nitrogens is 2. The molecule has 1 aromatic carbocycles. The average molecular weight is 247 g/mol. The maximum Gasteiger partial charge on any atom is 0.318 e. The molecule has 3 rings (SSSR count). The van der Waals surface area contributed by atoms with Crippen LogP contribution >= 0.6 is 11.8 Å². The average Bonchev–Trinajstić information content (AvgIpc) is 2.90. The molecule has 0 atom stereocenters. The maximum absolute atomic E-state index is 5.70. The molecular formula is C12H13N3OS. The van der Waals surface area contributed by atoms with Crippen LogP contribution in [-0.2, 0) is 0 Å². The summed E-state index contributed by atoms with van der Waals surface area (Å²) >= 11 is 1.96. The predicted molar refractivity (Wildman–Crippen MR) is 69.3 cm³/mol. The fraction of sp³-hybridized carbons (Fsp3) is 0.333. The van der Waals surface area contributed by atoms with Crippen LogP contribution in [0.3, 0.4) is 0 Å². The van der Waals surface area contributed by atoms with E-state index in [1.165, 1.54) is 0 Å². The van der Waals surface area contributed by atoms with Gasteiger partial charge in [0.15, 0.2) is 0 Å². The third-order valence-electron chi connectivity index (χ3n) is 2.72. The molecule has 88 valence electrons. The molecule has 1 aliphatic rings. The lowest BCUT2D eigenvalue weighted by Crippen LogP contribution is -2.32. The van der Waals surface area contributed by atoms with E-state index in [4.69, 9.17) is 4.42 Å². The van der Waals surface area contributed by atoms with Gasteiger partial charge in [0.2, 0.25) is 5.89 Å². The highest BCUT2D eigenvalue weighted by Gasteiger charge is 2.17. The number of hydrogen-bond donors (Lipinski definition) is 0. The molecule has 4 nitrogen and oxygen atoms in total. The van der Waals surface area contributed by atoms with Gasteiger partial charge in [0.25, 0.3) is 0 Å². The Bertz CT molecular complexity index is 480. The molecule has 0 bridgehead atoms. The molecule has 1 fully saturated rings. The van der Waals surface area contributed by atoms with Crippen LogP contribution < -0.4 is 4.90 Å². The smallest absolute Gasteiger partial charge is 0.318 e. The highest BCUT2D eigenvalue weighted by molar-refractivity contribution is 7.99. The Balaban J connectivity index is 1.83. The van der Waals surface area contributed by atoms with Crippen LogP contribution in [0.15, 0.2) is 34.7 Å². The Morgan fingerprint density at radius 3 is 2.59 bits per heavy atom. The van der Waals surface area contributed by atoms with Gasteiger partial charge in [0, 0.05) is 30.2 Å². The van der Waals surface area contributed by atoms with E-state index in [-0.39, 0.29) is 0 Å². The van der Waals surface area contributed by atoms with Crippen molar-refractivity contribution in [1.82, 2.24) is 10.2 Å². The molecule has 0 spiro atoms. The molecule has 0 N–H and O–H groups in total. The van der Waals surface area contributed by atoms with Gasteiger partial charge in [-0.25, -0.2) is 0 Å². The molecule has 1 aromatic heterocycles. The van der Waals surface area contributed by atoms with Crippen LogP contribution in [0.25, 0.3) is 11.5 Å². The molecule has 0 saturated carbocycles. The van der Waals surface area contributed by atoms with Crippen LogP contribution in [0.1, 0.15) is 0 Å². The molecule has 17 heavy (non-hydrogen) atoms. The van der Waals surface area contributed by atoms with Crippen molar-refractivity contribution in [3.05, 3.63) is 30.3 Å². The zero-order valence-electron chi connectivity index (χ0n) is 9.37. The third-order valence-corrected chi connectivity index (χ3v) is 3.66. The topological polar surface area (TPSA) is 42.2 Å². The predicted octanol–water partition coefficient (Wildman–Crippen LogP) is 2.29. The van der Waals surface area contributed by atoms with E-state index in [2.05, 4.69) is 15.1 Å². The standard InChI is InChI=1S/C12H13N3OS/c1-2-4-10(5-3-1)11-13-14-12(16-11)15-6-8-17-9-7-15/h1-5H,6-9H2. The van der Waals surface area contributed by atoms with Gasteiger partial charge in [-0.3, -0.25) is 0 Å². The minimum atomic E-state index is 0.596. The second kappa shape index (κ2) is 4.79. The number of hydrogen-bond acceptors (Lipinski definition) is 5. The maximum atomic E-state index is 5.70. The minimum absolute atomic E-state index is 0.596. The van der Waals surface area contributed by atoms with Crippen molar-refractivity contribution in [2.24, 2.45) is 0 Å². The molecule has 0 amide bonds. The fourth-order valence-corrected chi connectivity index (χ4v) is 2.70. The zero-order valence-corrected chi connectivity index (χ0v) is 10.2. The van der Waals surface area contributed by atoms with Crippen LogP contribution in [0, 0.1) is 0 Å². The monoisotopic (exact) mass is 247 g/mol. The number of nitrogens with zero attached hydrogens (tertiary/aromatic N) is 3. The normalized spacial score (nSPS) is 16.1. The van der Waals surface area contributed by atoms with Gasteiger partial charge in [-0.05, 0) is 12.1 Å². The van der Waals surface area contributed by atoms with Crippen molar-refractivity contribution in [3.63, 3.8) is 0 Å². The summed E-state index contributed by atoms with van der Waals surface area (Å²) < 4.78 is 5.70. The Morgan fingerprint density at radius 2 is 1.82 bits per heavy atom. The largest absolute Gasteiger partial charge is 0.403 e. The number of anilines is 1. The van der Waals surface area contributed by atoms with Gasteiger partial charge in [-0.15, -0.1) is 5.10 Å². The molecule has 0 aliphatic carbocycles. The van der Waals surface area contributed by atoms with Gasteiger partial charge < -0.3 is 9.32 Å². The van der Waals surface area contributed by atoms with E-state index in [1.807, 2.05) is 42.1 Å². The molecule has 1 saturated heterocycles. The van der Waals surface area contributed by atoms with Crippen molar-refractivity contribution in [2.75, 3.05) is 29.5 Å². The van der Waals surface area contributed by atoms with Crippen molar-refractivity contribution in [2.45, 2.75) is 0 Å². The number of benzene rings is 1. The van der Waals surface area contributed by atoms with Gasteiger partial charge >= 0.3 is 6.01 Å². The minimum Gasteiger partial charge on any atom is -0.403 e. The van der Waals surface area contributed by atoms with Crippen LogP contribution in [-0.4, -0.2) is 34.8 Å². The van der Waals surface area contributed by atoms with Gasteiger partial charge in [-0.2, -0.15) is 11.8 Å². The van der Waals surface area contributed by atoms with Gasteiger partial charge in [0.1, 0.15) is 0 Å². The van der Waals surface area contributed by atoms with Crippen molar-refractivity contribution in [1.29, 1.82) is 0 Å². The SMILES string of the molecule is c1ccc(-c2nnc(N3CCSCC3)o2)cc1. The summed E-state index contributed by atoms with van der Waals surface area (Å²) in [7, 11) is 0. The number of rotatable bonds is 2. The summed E-state index contributed by atoms with van der Waals surface area (Å²) in [6.07, 6.45) is 0. The highest BCUT2D eigenvalue weighted by atomic mass is 32.2. The molecule has 0 radical (unpaired) electrons. The summed E-state index contributed by atoms with van der Waals surface area (Å²) in [5.74, 6) is 2.85. The van der Waals surface area contributed by atoms with Crippen molar-refractivity contribution in [3.8, 4) is 11.5 Å². The number of thioether (sulfide) groups is 1. The van der Waals surface area contributed by atoms with Crippen LogP contribution in [0.2, 0.25) is 0 Å².